The van der Waals surface area contributed by atoms with Crippen molar-refractivity contribution in [1.29, 1.82) is 0 Å². The summed E-state index contributed by atoms with van der Waals surface area (Å²) in [5.41, 5.74) is 5.87. The van der Waals surface area contributed by atoms with Crippen molar-refractivity contribution in [3.05, 3.63) is 0 Å². The second kappa shape index (κ2) is 4.97. The van der Waals surface area contributed by atoms with Gasteiger partial charge in [0.25, 0.3) is 0 Å². The van der Waals surface area contributed by atoms with Crippen molar-refractivity contribution >= 4 is 5.91 Å². The third-order valence-electron chi connectivity index (χ3n) is 3.32. The zero-order chi connectivity index (χ0) is 11.5. The van der Waals surface area contributed by atoms with E-state index in [0.29, 0.717) is 12.3 Å². The van der Waals surface area contributed by atoms with Crippen LogP contribution in [0.15, 0.2) is 0 Å². The molecule has 1 fully saturated rings. The molecule has 1 aliphatic rings. The molecule has 3 heteroatoms. The SMILES string of the molecule is CC(C)CCN(C)C(=O)CC1(N)CCC1. The molecule has 0 atom stereocenters. The van der Waals surface area contributed by atoms with Gasteiger partial charge in [-0.1, -0.05) is 13.8 Å². The van der Waals surface area contributed by atoms with Crippen LogP contribution in [0.1, 0.15) is 46.0 Å². The highest BCUT2D eigenvalue weighted by Gasteiger charge is 2.35. The van der Waals surface area contributed by atoms with Gasteiger partial charge in [0.2, 0.25) is 5.91 Å². The van der Waals surface area contributed by atoms with Gasteiger partial charge in [-0.05, 0) is 31.6 Å². The molecule has 0 saturated heterocycles. The standard InChI is InChI=1S/C12H24N2O/c1-10(2)5-8-14(3)11(15)9-12(13)6-4-7-12/h10H,4-9,13H2,1-3H3. The minimum absolute atomic E-state index is 0.177. The van der Waals surface area contributed by atoms with Gasteiger partial charge in [-0.15, -0.1) is 0 Å². The zero-order valence-electron chi connectivity index (χ0n) is 10.3. The molecule has 1 saturated carbocycles. The van der Waals surface area contributed by atoms with Crippen LogP contribution in [0.25, 0.3) is 0 Å². The van der Waals surface area contributed by atoms with Gasteiger partial charge in [0.05, 0.1) is 0 Å². The number of nitrogens with zero attached hydrogens (tertiary/aromatic N) is 1. The summed E-state index contributed by atoms with van der Waals surface area (Å²) in [6, 6.07) is 0. The average Bonchev–Trinajstić information content (AvgIpc) is 2.11. The van der Waals surface area contributed by atoms with E-state index in [2.05, 4.69) is 13.8 Å². The van der Waals surface area contributed by atoms with Gasteiger partial charge in [0, 0.05) is 25.6 Å². The molecule has 0 heterocycles. The van der Waals surface area contributed by atoms with E-state index in [4.69, 9.17) is 5.73 Å². The molecule has 88 valence electrons. The lowest BCUT2D eigenvalue weighted by atomic mass is 9.75. The monoisotopic (exact) mass is 212 g/mol. The van der Waals surface area contributed by atoms with Crippen LogP contribution in [0.4, 0.5) is 0 Å². The van der Waals surface area contributed by atoms with Gasteiger partial charge < -0.3 is 10.6 Å². The molecular weight excluding hydrogens is 188 g/mol. The predicted octanol–water partition coefficient (Wildman–Crippen LogP) is 1.76. The molecule has 1 amide bonds. The predicted molar refractivity (Wildman–Crippen MR) is 62.5 cm³/mol. The Morgan fingerprint density at radius 3 is 2.47 bits per heavy atom. The Morgan fingerprint density at radius 1 is 1.47 bits per heavy atom. The Bertz CT molecular complexity index is 222. The van der Waals surface area contributed by atoms with Crippen molar-refractivity contribution in [2.24, 2.45) is 11.7 Å². The highest BCUT2D eigenvalue weighted by Crippen LogP contribution is 2.32. The summed E-state index contributed by atoms with van der Waals surface area (Å²) in [7, 11) is 1.88. The average molecular weight is 212 g/mol. The normalized spacial score (nSPS) is 18.7. The van der Waals surface area contributed by atoms with Crippen molar-refractivity contribution in [3.63, 3.8) is 0 Å². The number of carbonyl (C=O) groups is 1. The first-order valence-electron chi connectivity index (χ1n) is 5.96. The maximum Gasteiger partial charge on any atom is 0.224 e. The highest BCUT2D eigenvalue weighted by molar-refractivity contribution is 5.77. The molecule has 0 bridgehead atoms. The van der Waals surface area contributed by atoms with Crippen LogP contribution in [0, 0.1) is 5.92 Å². The van der Waals surface area contributed by atoms with Crippen LogP contribution in [-0.2, 0) is 4.79 Å². The lowest BCUT2D eigenvalue weighted by Gasteiger charge is -2.38. The van der Waals surface area contributed by atoms with Crippen LogP contribution in [0.2, 0.25) is 0 Å². The number of carbonyl (C=O) groups excluding carboxylic acids is 1. The summed E-state index contributed by atoms with van der Waals surface area (Å²) in [4.78, 5) is 13.6. The fourth-order valence-corrected chi connectivity index (χ4v) is 1.82. The van der Waals surface area contributed by atoms with Crippen LogP contribution >= 0.6 is 0 Å². The first-order chi connectivity index (χ1) is 6.93. The Hall–Kier alpha value is -0.570. The molecular formula is C12H24N2O. The fraction of sp³-hybridized carbons (Fsp3) is 0.917. The lowest BCUT2D eigenvalue weighted by Crippen LogP contribution is -2.50. The van der Waals surface area contributed by atoms with E-state index in [-0.39, 0.29) is 11.4 Å². The highest BCUT2D eigenvalue weighted by atomic mass is 16.2. The van der Waals surface area contributed by atoms with Crippen molar-refractivity contribution < 1.29 is 4.79 Å². The van der Waals surface area contributed by atoms with Gasteiger partial charge in [-0.2, -0.15) is 0 Å². The fourth-order valence-electron chi connectivity index (χ4n) is 1.82. The topological polar surface area (TPSA) is 46.3 Å². The van der Waals surface area contributed by atoms with E-state index >= 15 is 0 Å². The molecule has 0 spiro atoms. The minimum atomic E-state index is -0.177. The third kappa shape index (κ3) is 3.82. The van der Waals surface area contributed by atoms with E-state index in [1.54, 1.807) is 0 Å². The van der Waals surface area contributed by atoms with Crippen molar-refractivity contribution in [1.82, 2.24) is 4.90 Å². The Balaban J connectivity index is 2.26. The van der Waals surface area contributed by atoms with Gasteiger partial charge in [0.1, 0.15) is 0 Å². The van der Waals surface area contributed by atoms with Gasteiger partial charge in [-0.25, -0.2) is 0 Å². The molecule has 1 aliphatic carbocycles. The molecule has 3 nitrogen and oxygen atoms in total. The molecule has 0 unspecified atom stereocenters. The molecule has 0 radical (unpaired) electrons. The molecule has 0 aromatic carbocycles. The van der Waals surface area contributed by atoms with Crippen molar-refractivity contribution in [3.8, 4) is 0 Å². The van der Waals surface area contributed by atoms with E-state index in [1.165, 1.54) is 6.42 Å². The number of rotatable bonds is 5. The largest absolute Gasteiger partial charge is 0.346 e. The molecule has 2 N–H and O–H groups in total. The molecule has 0 aromatic heterocycles. The Kier molecular flexibility index (Phi) is 4.14. The van der Waals surface area contributed by atoms with E-state index in [1.807, 2.05) is 11.9 Å². The Morgan fingerprint density at radius 2 is 2.07 bits per heavy atom. The number of amides is 1. The van der Waals surface area contributed by atoms with Crippen molar-refractivity contribution in [2.45, 2.75) is 51.5 Å². The van der Waals surface area contributed by atoms with Gasteiger partial charge >= 0.3 is 0 Å². The number of hydrogen-bond acceptors (Lipinski definition) is 2. The smallest absolute Gasteiger partial charge is 0.224 e. The second-order valence-corrected chi connectivity index (χ2v) is 5.39. The first kappa shape index (κ1) is 12.5. The van der Waals surface area contributed by atoms with Crippen molar-refractivity contribution in [2.75, 3.05) is 13.6 Å². The van der Waals surface area contributed by atoms with Gasteiger partial charge in [-0.3, -0.25) is 4.79 Å². The summed E-state index contributed by atoms with van der Waals surface area (Å²) >= 11 is 0. The van der Waals surface area contributed by atoms with Crippen LogP contribution in [0.5, 0.6) is 0 Å². The summed E-state index contributed by atoms with van der Waals surface area (Å²) in [6.07, 6.45) is 4.80. The van der Waals surface area contributed by atoms with Crippen LogP contribution < -0.4 is 5.73 Å². The molecule has 0 aliphatic heterocycles. The minimum Gasteiger partial charge on any atom is -0.346 e. The van der Waals surface area contributed by atoms with Crippen LogP contribution in [-0.4, -0.2) is 29.9 Å². The number of hydrogen-bond donors (Lipinski definition) is 1. The molecule has 15 heavy (non-hydrogen) atoms. The summed E-state index contributed by atoms with van der Waals surface area (Å²) < 4.78 is 0. The molecule has 0 aromatic rings. The van der Waals surface area contributed by atoms with Gasteiger partial charge in [0.15, 0.2) is 0 Å². The van der Waals surface area contributed by atoms with E-state index in [0.717, 1.165) is 25.8 Å². The maximum atomic E-state index is 11.8. The lowest BCUT2D eigenvalue weighted by molar-refractivity contribution is -0.132. The zero-order valence-corrected chi connectivity index (χ0v) is 10.3. The summed E-state index contributed by atoms with van der Waals surface area (Å²) in [5.74, 6) is 0.855. The summed E-state index contributed by atoms with van der Waals surface area (Å²) in [5, 5.41) is 0. The maximum absolute atomic E-state index is 11.8. The van der Waals surface area contributed by atoms with E-state index in [9.17, 15) is 4.79 Å². The third-order valence-corrected chi connectivity index (χ3v) is 3.32. The van der Waals surface area contributed by atoms with Crippen LogP contribution in [0.3, 0.4) is 0 Å². The first-order valence-corrected chi connectivity index (χ1v) is 5.96. The summed E-state index contributed by atoms with van der Waals surface area (Å²) in [6.45, 7) is 5.20. The van der Waals surface area contributed by atoms with E-state index < -0.39 is 0 Å². The Labute approximate surface area is 93.0 Å². The molecule has 1 rings (SSSR count). The quantitative estimate of drug-likeness (QED) is 0.755. The second-order valence-electron chi connectivity index (χ2n) is 5.39. The number of nitrogens with two attached hydrogens (primary N) is 1.